The summed E-state index contributed by atoms with van der Waals surface area (Å²) in [5.41, 5.74) is 1.49. The monoisotopic (exact) mass is 284 g/mol. The molecule has 1 heterocycles. The number of fused-ring (bicyclic) bond motifs is 1. The number of carbonyl (C=O) groups is 1. The summed E-state index contributed by atoms with van der Waals surface area (Å²) in [5.74, 6) is -0.331. The van der Waals surface area contributed by atoms with Crippen molar-refractivity contribution in [2.45, 2.75) is 19.9 Å². The first-order valence-electron chi connectivity index (χ1n) is 6.05. The number of hydrogen-bond acceptors (Lipinski definition) is 3. The molecule has 1 aromatic heterocycles. The maximum absolute atomic E-state index is 12.0. The molecule has 0 spiro atoms. The Morgan fingerprint density at radius 2 is 2.25 bits per heavy atom. The second kappa shape index (κ2) is 5.96. The van der Waals surface area contributed by atoms with Gasteiger partial charge < -0.3 is 14.4 Å². The van der Waals surface area contributed by atoms with E-state index < -0.39 is 19.0 Å². The Balaban J connectivity index is 2.17. The number of carboxylic acid groups (broad SMARTS) is 1. The van der Waals surface area contributed by atoms with Crippen LogP contribution in [-0.2, 0) is 11.3 Å². The van der Waals surface area contributed by atoms with E-state index in [2.05, 4.69) is 4.98 Å². The Labute approximate surface area is 113 Å². The highest BCUT2D eigenvalue weighted by atomic mass is 19.3. The largest absolute Gasteiger partial charge is 0.478 e. The lowest BCUT2D eigenvalue weighted by molar-refractivity contribution is 0.0149. The van der Waals surface area contributed by atoms with Crippen LogP contribution >= 0.6 is 0 Å². The summed E-state index contributed by atoms with van der Waals surface area (Å²) < 4.78 is 30.6. The molecule has 0 radical (unpaired) electrons. The highest BCUT2D eigenvalue weighted by Gasteiger charge is 2.11. The molecule has 5 nitrogen and oxygen atoms in total. The molecule has 20 heavy (non-hydrogen) atoms. The molecule has 0 aliphatic rings. The van der Waals surface area contributed by atoms with E-state index >= 15 is 0 Å². The highest BCUT2D eigenvalue weighted by molar-refractivity contribution is 5.92. The van der Waals surface area contributed by atoms with Gasteiger partial charge in [-0.15, -0.1) is 0 Å². The Morgan fingerprint density at radius 1 is 1.50 bits per heavy atom. The van der Waals surface area contributed by atoms with Crippen LogP contribution in [0, 0.1) is 6.92 Å². The van der Waals surface area contributed by atoms with Crippen LogP contribution in [0.2, 0.25) is 0 Å². The van der Waals surface area contributed by atoms with Gasteiger partial charge in [0.15, 0.2) is 0 Å². The first-order valence-corrected chi connectivity index (χ1v) is 6.05. The highest BCUT2D eigenvalue weighted by Crippen LogP contribution is 2.17. The van der Waals surface area contributed by atoms with Gasteiger partial charge in [0.2, 0.25) is 0 Å². The quantitative estimate of drug-likeness (QED) is 0.827. The third kappa shape index (κ3) is 3.11. The van der Waals surface area contributed by atoms with Crippen molar-refractivity contribution in [1.29, 1.82) is 0 Å². The molecule has 0 fully saturated rings. The third-order valence-electron chi connectivity index (χ3n) is 2.89. The Bertz CT molecular complexity index is 625. The summed E-state index contributed by atoms with van der Waals surface area (Å²) in [6.45, 7) is 1.72. The number of aromatic carboxylic acids is 1. The molecule has 2 rings (SSSR count). The summed E-state index contributed by atoms with van der Waals surface area (Å²) in [7, 11) is 0. The van der Waals surface area contributed by atoms with Crippen LogP contribution in [0.15, 0.2) is 18.2 Å². The SMILES string of the molecule is Cc1nc2cc(C(=O)O)ccc2n1CCOCC(F)F. The Morgan fingerprint density at radius 3 is 2.90 bits per heavy atom. The summed E-state index contributed by atoms with van der Waals surface area (Å²) >= 11 is 0. The lowest BCUT2D eigenvalue weighted by Gasteiger charge is -2.07. The molecule has 0 amide bonds. The van der Waals surface area contributed by atoms with Gasteiger partial charge in [0.05, 0.1) is 23.2 Å². The molecule has 1 aromatic carbocycles. The number of carboxylic acids is 1. The number of aryl methyl sites for hydroxylation is 1. The second-order valence-corrected chi connectivity index (χ2v) is 4.29. The fourth-order valence-electron chi connectivity index (χ4n) is 1.99. The molecular weight excluding hydrogens is 270 g/mol. The van der Waals surface area contributed by atoms with Gasteiger partial charge in [0.1, 0.15) is 12.4 Å². The van der Waals surface area contributed by atoms with Crippen LogP contribution in [0.4, 0.5) is 8.78 Å². The number of rotatable bonds is 6. The van der Waals surface area contributed by atoms with Crippen LogP contribution in [-0.4, -0.2) is 40.3 Å². The van der Waals surface area contributed by atoms with Crippen LogP contribution < -0.4 is 0 Å². The smallest absolute Gasteiger partial charge is 0.335 e. The van der Waals surface area contributed by atoms with Crippen molar-refractivity contribution in [3.05, 3.63) is 29.6 Å². The molecule has 0 aliphatic carbocycles. The molecule has 1 N–H and O–H groups in total. The molecular formula is C13H14F2N2O3. The number of ether oxygens (including phenoxy) is 1. The van der Waals surface area contributed by atoms with Crippen molar-refractivity contribution in [3.8, 4) is 0 Å². The molecule has 0 saturated heterocycles. The zero-order valence-electron chi connectivity index (χ0n) is 10.8. The average molecular weight is 284 g/mol. The average Bonchev–Trinajstić information content (AvgIpc) is 2.69. The zero-order chi connectivity index (χ0) is 14.7. The normalized spacial score (nSPS) is 11.4. The molecule has 2 aromatic rings. The van der Waals surface area contributed by atoms with E-state index in [0.29, 0.717) is 17.9 Å². The fraction of sp³-hybridized carbons (Fsp3) is 0.385. The van der Waals surface area contributed by atoms with E-state index in [9.17, 15) is 13.6 Å². The van der Waals surface area contributed by atoms with Crippen molar-refractivity contribution in [3.63, 3.8) is 0 Å². The first-order chi connectivity index (χ1) is 9.49. The summed E-state index contributed by atoms with van der Waals surface area (Å²) in [6.07, 6.45) is -2.48. The Hall–Kier alpha value is -2.02. The second-order valence-electron chi connectivity index (χ2n) is 4.29. The molecule has 0 aliphatic heterocycles. The van der Waals surface area contributed by atoms with Crippen LogP contribution in [0.25, 0.3) is 11.0 Å². The minimum atomic E-state index is -2.48. The van der Waals surface area contributed by atoms with Crippen molar-refractivity contribution in [2.24, 2.45) is 0 Å². The van der Waals surface area contributed by atoms with Gasteiger partial charge in [-0.3, -0.25) is 0 Å². The molecule has 108 valence electrons. The molecule has 0 saturated carbocycles. The fourth-order valence-corrected chi connectivity index (χ4v) is 1.99. The number of alkyl halides is 2. The number of imidazole rings is 1. The minimum Gasteiger partial charge on any atom is -0.478 e. The van der Waals surface area contributed by atoms with E-state index in [1.165, 1.54) is 12.1 Å². The lowest BCUT2D eigenvalue weighted by atomic mass is 10.2. The van der Waals surface area contributed by atoms with E-state index in [0.717, 1.165) is 5.52 Å². The molecule has 7 heteroatoms. The molecule has 0 atom stereocenters. The van der Waals surface area contributed by atoms with Crippen molar-refractivity contribution < 1.29 is 23.4 Å². The standard InChI is InChI=1S/C13H14F2N2O3/c1-8-16-10-6-9(13(18)19)2-3-11(10)17(8)4-5-20-7-12(14)15/h2-3,6,12H,4-5,7H2,1H3,(H,18,19). The Kier molecular flexibility index (Phi) is 4.29. The summed E-state index contributed by atoms with van der Waals surface area (Å²) in [4.78, 5) is 15.2. The van der Waals surface area contributed by atoms with E-state index in [4.69, 9.17) is 9.84 Å². The maximum atomic E-state index is 12.0. The van der Waals surface area contributed by atoms with Gasteiger partial charge >= 0.3 is 5.97 Å². The number of hydrogen-bond donors (Lipinski definition) is 1. The third-order valence-corrected chi connectivity index (χ3v) is 2.89. The predicted molar refractivity (Wildman–Crippen MR) is 68.3 cm³/mol. The van der Waals surface area contributed by atoms with Crippen molar-refractivity contribution in [2.75, 3.05) is 13.2 Å². The van der Waals surface area contributed by atoms with Crippen LogP contribution in [0.3, 0.4) is 0 Å². The van der Waals surface area contributed by atoms with Gasteiger partial charge in [-0.25, -0.2) is 18.6 Å². The lowest BCUT2D eigenvalue weighted by Crippen LogP contribution is -2.11. The van der Waals surface area contributed by atoms with E-state index in [1.54, 1.807) is 13.0 Å². The number of halogens is 2. The van der Waals surface area contributed by atoms with Gasteiger partial charge in [-0.05, 0) is 25.1 Å². The number of nitrogens with zero attached hydrogens (tertiary/aromatic N) is 2. The topological polar surface area (TPSA) is 64.3 Å². The summed E-state index contributed by atoms with van der Waals surface area (Å²) in [6, 6.07) is 4.63. The van der Waals surface area contributed by atoms with E-state index in [1.807, 2.05) is 4.57 Å². The van der Waals surface area contributed by atoms with E-state index in [-0.39, 0.29) is 12.2 Å². The van der Waals surface area contributed by atoms with Gasteiger partial charge in [0.25, 0.3) is 6.43 Å². The van der Waals surface area contributed by atoms with Crippen LogP contribution in [0.1, 0.15) is 16.2 Å². The van der Waals surface area contributed by atoms with Gasteiger partial charge in [-0.2, -0.15) is 0 Å². The number of benzene rings is 1. The first kappa shape index (κ1) is 14.4. The molecule has 0 unspecified atom stereocenters. The van der Waals surface area contributed by atoms with Crippen molar-refractivity contribution in [1.82, 2.24) is 9.55 Å². The zero-order valence-corrected chi connectivity index (χ0v) is 10.8. The maximum Gasteiger partial charge on any atom is 0.335 e. The molecule has 0 bridgehead atoms. The number of aromatic nitrogens is 2. The van der Waals surface area contributed by atoms with Gasteiger partial charge in [-0.1, -0.05) is 0 Å². The van der Waals surface area contributed by atoms with Gasteiger partial charge in [0, 0.05) is 6.54 Å². The van der Waals surface area contributed by atoms with Crippen molar-refractivity contribution >= 4 is 17.0 Å². The predicted octanol–water partition coefficient (Wildman–Crippen LogP) is 2.32. The summed E-state index contributed by atoms with van der Waals surface area (Å²) in [5, 5.41) is 8.92. The minimum absolute atomic E-state index is 0.150. The van der Waals surface area contributed by atoms with Crippen LogP contribution in [0.5, 0.6) is 0 Å².